The Labute approximate surface area is 160 Å². The zero-order valence-electron chi connectivity index (χ0n) is 16.2. The molecule has 140 valence electrons. The highest BCUT2D eigenvalue weighted by Crippen LogP contribution is 2.46. The lowest BCUT2D eigenvalue weighted by Gasteiger charge is -2.39. The number of benzene rings is 1. The lowest BCUT2D eigenvalue weighted by molar-refractivity contribution is 0.159. The summed E-state index contributed by atoms with van der Waals surface area (Å²) in [6.07, 6.45) is 3.45. The predicted octanol–water partition coefficient (Wildman–Crippen LogP) is 5.27. The van der Waals surface area contributed by atoms with Crippen LogP contribution < -0.4 is 4.74 Å². The number of thiophene rings is 1. The number of rotatable bonds is 3. The second-order valence-electron chi connectivity index (χ2n) is 8.30. The Hall–Kier alpha value is -1.52. The summed E-state index contributed by atoms with van der Waals surface area (Å²) >= 11 is 2.02. The van der Waals surface area contributed by atoms with E-state index in [-0.39, 0.29) is 5.75 Å². The minimum Gasteiger partial charge on any atom is -0.504 e. The van der Waals surface area contributed by atoms with Crippen molar-refractivity contribution in [2.24, 2.45) is 5.92 Å². The van der Waals surface area contributed by atoms with Crippen LogP contribution in [0.1, 0.15) is 65.6 Å². The summed E-state index contributed by atoms with van der Waals surface area (Å²) in [6, 6.07) is 6.85. The van der Waals surface area contributed by atoms with Crippen LogP contribution in [0, 0.1) is 5.92 Å². The minimum atomic E-state index is 0.263. The molecule has 0 radical (unpaired) electrons. The van der Waals surface area contributed by atoms with Crippen LogP contribution in [0.3, 0.4) is 0 Å². The standard InChI is InChI=1S/C22H29NO2S/c1-13(2)7-16-8-15-12-23-11-14(3)17-10-21(25-4)20(24)9-18(17)19(23)5-6-22(15)26-16/h8-10,13-14,19,24H,5-7,11-12H2,1-4H3/t14?,19-/m0/s1. The molecular weight excluding hydrogens is 342 g/mol. The van der Waals surface area contributed by atoms with Gasteiger partial charge in [-0.3, -0.25) is 4.90 Å². The van der Waals surface area contributed by atoms with Gasteiger partial charge in [0.2, 0.25) is 0 Å². The molecule has 1 unspecified atom stereocenters. The highest BCUT2D eigenvalue weighted by molar-refractivity contribution is 7.12. The molecule has 0 fully saturated rings. The van der Waals surface area contributed by atoms with Crippen LogP contribution in [0.2, 0.25) is 0 Å². The first-order valence-electron chi connectivity index (χ1n) is 9.71. The van der Waals surface area contributed by atoms with E-state index in [2.05, 4.69) is 31.7 Å². The minimum absolute atomic E-state index is 0.263. The van der Waals surface area contributed by atoms with Crippen molar-refractivity contribution in [2.45, 2.75) is 58.5 Å². The van der Waals surface area contributed by atoms with Gasteiger partial charge in [-0.25, -0.2) is 0 Å². The molecule has 0 spiro atoms. The molecule has 0 bridgehead atoms. The second-order valence-corrected chi connectivity index (χ2v) is 9.52. The number of phenols is 1. The highest BCUT2D eigenvalue weighted by atomic mass is 32.1. The summed E-state index contributed by atoms with van der Waals surface area (Å²) in [5, 5.41) is 10.3. The third-order valence-corrected chi connectivity index (χ3v) is 7.06. The number of nitrogens with zero attached hydrogens (tertiary/aromatic N) is 1. The van der Waals surface area contributed by atoms with E-state index in [1.807, 2.05) is 23.5 Å². The van der Waals surface area contributed by atoms with Gasteiger partial charge < -0.3 is 9.84 Å². The zero-order valence-corrected chi connectivity index (χ0v) is 17.0. The number of aryl methyl sites for hydroxylation is 1. The first kappa shape index (κ1) is 17.9. The second kappa shape index (κ2) is 6.90. The van der Waals surface area contributed by atoms with Crippen molar-refractivity contribution in [3.8, 4) is 11.5 Å². The molecule has 2 atom stereocenters. The van der Waals surface area contributed by atoms with Crippen LogP contribution in [0.4, 0.5) is 0 Å². The van der Waals surface area contributed by atoms with Crippen molar-refractivity contribution in [1.82, 2.24) is 4.90 Å². The first-order valence-corrected chi connectivity index (χ1v) is 10.5. The topological polar surface area (TPSA) is 32.7 Å². The van der Waals surface area contributed by atoms with Crippen LogP contribution in [0.25, 0.3) is 0 Å². The van der Waals surface area contributed by atoms with Gasteiger partial charge in [-0.2, -0.15) is 0 Å². The summed E-state index contributed by atoms with van der Waals surface area (Å²) in [5.74, 6) is 2.02. The molecule has 0 aliphatic carbocycles. The van der Waals surface area contributed by atoms with Gasteiger partial charge in [-0.05, 0) is 66.0 Å². The number of hydrogen-bond acceptors (Lipinski definition) is 4. The van der Waals surface area contributed by atoms with Gasteiger partial charge in [0.05, 0.1) is 7.11 Å². The Morgan fingerprint density at radius 3 is 2.81 bits per heavy atom. The van der Waals surface area contributed by atoms with Crippen LogP contribution in [0.5, 0.6) is 11.5 Å². The Balaban J connectivity index is 1.66. The highest BCUT2D eigenvalue weighted by Gasteiger charge is 2.34. The summed E-state index contributed by atoms with van der Waals surface area (Å²) in [4.78, 5) is 5.73. The van der Waals surface area contributed by atoms with Gasteiger partial charge >= 0.3 is 0 Å². The van der Waals surface area contributed by atoms with E-state index in [0.29, 0.717) is 23.6 Å². The molecule has 2 aliphatic heterocycles. The number of methoxy groups -OCH3 is 1. The molecule has 1 aromatic heterocycles. The molecule has 0 amide bonds. The zero-order chi connectivity index (χ0) is 18.4. The Kier molecular flexibility index (Phi) is 4.74. The molecular formula is C22H29NO2S. The number of ether oxygens (including phenoxy) is 1. The fraction of sp³-hybridized carbons (Fsp3) is 0.545. The monoisotopic (exact) mass is 371 g/mol. The van der Waals surface area contributed by atoms with Crippen molar-refractivity contribution in [3.63, 3.8) is 0 Å². The lowest BCUT2D eigenvalue weighted by Crippen LogP contribution is -2.36. The maximum atomic E-state index is 10.3. The van der Waals surface area contributed by atoms with Crippen molar-refractivity contribution >= 4 is 11.3 Å². The van der Waals surface area contributed by atoms with E-state index < -0.39 is 0 Å². The predicted molar refractivity (Wildman–Crippen MR) is 107 cm³/mol. The molecule has 4 heteroatoms. The van der Waals surface area contributed by atoms with Gasteiger partial charge in [0, 0.05) is 28.9 Å². The maximum absolute atomic E-state index is 10.3. The largest absolute Gasteiger partial charge is 0.504 e. The van der Waals surface area contributed by atoms with E-state index in [9.17, 15) is 5.11 Å². The van der Waals surface area contributed by atoms with Crippen molar-refractivity contribution in [2.75, 3.05) is 13.7 Å². The summed E-state index contributed by atoms with van der Waals surface area (Å²) in [5.41, 5.74) is 4.16. The van der Waals surface area contributed by atoms with Gasteiger partial charge in [0.15, 0.2) is 11.5 Å². The average molecular weight is 372 g/mol. The number of hydrogen-bond donors (Lipinski definition) is 1. The molecule has 3 nitrogen and oxygen atoms in total. The molecule has 2 aliphatic rings. The number of aromatic hydroxyl groups is 1. The van der Waals surface area contributed by atoms with Gasteiger partial charge in [-0.15, -0.1) is 11.3 Å². The van der Waals surface area contributed by atoms with Crippen molar-refractivity contribution in [1.29, 1.82) is 0 Å². The van der Waals surface area contributed by atoms with Gasteiger partial charge in [-0.1, -0.05) is 20.8 Å². The Bertz CT molecular complexity index is 811. The molecule has 26 heavy (non-hydrogen) atoms. The molecule has 1 N–H and O–H groups in total. The lowest BCUT2D eigenvalue weighted by atomic mass is 9.84. The first-order chi connectivity index (χ1) is 12.5. The third-order valence-electron chi connectivity index (χ3n) is 5.80. The number of phenolic OH excluding ortho intramolecular Hbond substituents is 1. The Morgan fingerprint density at radius 2 is 2.08 bits per heavy atom. The van der Waals surface area contributed by atoms with Gasteiger partial charge in [0.25, 0.3) is 0 Å². The van der Waals surface area contributed by atoms with Crippen LogP contribution in [-0.2, 0) is 19.4 Å². The van der Waals surface area contributed by atoms with E-state index in [4.69, 9.17) is 4.74 Å². The number of fused-ring (bicyclic) bond motifs is 4. The molecule has 0 saturated heterocycles. The maximum Gasteiger partial charge on any atom is 0.160 e. The average Bonchev–Trinajstić information content (AvgIpc) is 2.86. The fourth-order valence-corrected chi connectivity index (χ4v) is 6.04. The normalized spacial score (nSPS) is 22.5. The van der Waals surface area contributed by atoms with Crippen LogP contribution in [0.15, 0.2) is 18.2 Å². The van der Waals surface area contributed by atoms with E-state index in [1.165, 1.54) is 28.0 Å². The van der Waals surface area contributed by atoms with E-state index >= 15 is 0 Å². The quantitative estimate of drug-likeness (QED) is 0.798. The molecule has 1 aromatic carbocycles. The van der Waals surface area contributed by atoms with Crippen molar-refractivity contribution < 1.29 is 9.84 Å². The van der Waals surface area contributed by atoms with Crippen LogP contribution in [-0.4, -0.2) is 23.7 Å². The van der Waals surface area contributed by atoms with E-state index in [0.717, 1.165) is 25.9 Å². The molecule has 0 saturated carbocycles. The summed E-state index contributed by atoms with van der Waals surface area (Å²) in [6.45, 7) is 8.98. The SMILES string of the molecule is COc1cc2c(cc1O)[C@@H]1CCc3sc(CC(C)C)cc3CN1CC2C. The molecule has 2 aromatic rings. The van der Waals surface area contributed by atoms with Gasteiger partial charge in [0.1, 0.15) is 0 Å². The van der Waals surface area contributed by atoms with E-state index in [1.54, 1.807) is 12.0 Å². The summed E-state index contributed by atoms with van der Waals surface area (Å²) < 4.78 is 5.34. The third kappa shape index (κ3) is 3.14. The smallest absolute Gasteiger partial charge is 0.160 e. The van der Waals surface area contributed by atoms with Crippen molar-refractivity contribution in [3.05, 3.63) is 44.6 Å². The summed E-state index contributed by atoms with van der Waals surface area (Å²) in [7, 11) is 1.62. The molecule has 4 rings (SSSR count). The molecule has 3 heterocycles. The fourth-order valence-electron chi connectivity index (χ4n) is 4.63. The van der Waals surface area contributed by atoms with Crippen LogP contribution >= 0.6 is 11.3 Å². The Morgan fingerprint density at radius 1 is 1.27 bits per heavy atom.